The first-order valence-electron chi connectivity index (χ1n) is 7.56. The number of carbonyl (C=O) groups excluding carboxylic acids is 1. The summed E-state index contributed by atoms with van der Waals surface area (Å²) in [6, 6.07) is 12.2. The van der Waals surface area contributed by atoms with E-state index in [1.807, 2.05) is 24.3 Å². The molecular formula is C19H20N2O4. The zero-order chi connectivity index (χ0) is 18.1. The molecule has 2 rings (SSSR count). The first-order chi connectivity index (χ1) is 12.2. The van der Waals surface area contributed by atoms with Gasteiger partial charge in [-0.1, -0.05) is 24.0 Å². The van der Waals surface area contributed by atoms with Crippen LogP contribution in [0.5, 0.6) is 17.2 Å². The van der Waals surface area contributed by atoms with Crippen molar-refractivity contribution in [3.8, 4) is 29.1 Å². The third kappa shape index (κ3) is 5.08. The molecule has 0 radical (unpaired) electrons. The number of carbonyl (C=O) groups is 1. The second kappa shape index (κ2) is 9.08. The molecule has 0 saturated carbocycles. The standard InChI is InChI=1S/C19H20N2O4/c1-23-15-10-11-16(18(13-15)25-3)21-19(22)20-12-6-8-14-7-4-5-9-17(14)24-2/h4-5,7,9-11,13H,12H2,1-3H3,(H2,20,21,22). The van der Waals surface area contributed by atoms with Crippen LogP contribution in [-0.4, -0.2) is 33.9 Å². The maximum absolute atomic E-state index is 12.0. The Bertz CT molecular complexity index is 793. The van der Waals surface area contributed by atoms with Crippen LogP contribution < -0.4 is 24.8 Å². The summed E-state index contributed by atoms with van der Waals surface area (Å²) < 4.78 is 15.6. The van der Waals surface area contributed by atoms with Gasteiger partial charge in [-0.3, -0.25) is 0 Å². The number of hydrogen-bond acceptors (Lipinski definition) is 4. The Kier molecular flexibility index (Phi) is 6.55. The van der Waals surface area contributed by atoms with Crippen LogP contribution in [0.2, 0.25) is 0 Å². The molecule has 6 nitrogen and oxygen atoms in total. The van der Waals surface area contributed by atoms with Crippen molar-refractivity contribution >= 4 is 11.7 Å². The molecule has 2 amide bonds. The number of rotatable bonds is 5. The Morgan fingerprint density at radius 3 is 2.48 bits per heavy atom. The van der Waals surface area contributed by atoms with Crippen LogP contribution in [0.25, 0.3) is 0 Å². The van der Waals surface area contributed by atoms with Crippen LogP contribution in [0.1, 0.15) is 5.56 Å². The number of methoxy groups -OCH3 is 3. The van der Waals surface area contributed by atoms with Gasteiger partial charge < -0.3 is 24.8 Å². The molecule has 0 aromatic heterocycles. The summed E-state index contributed by atoms with van der Waals surface area (Å²) in [4.78, 5) is 12.0. The fourth-order valence-electron chi connectivity index (χ4n) is 2.08. The molecule has 25 heavy (non-hydrogen) atoms. The van der Waals surface area contributed by atoms with Crippen LogP contribution in [0.4, 0.5) is 10.5 Å². The number of nitrogens with one attached hydrogen (secondary N) is 2. The molecule has 2 aromatic carbocycles. The number of anilines is 1. The predicted molar refractivity (Wildman–Crippen MR) is 96.4 cm³/mol. The second-order valence-electron chi connectivity index (χ2n) is 4.88. The van der Waals surface area contributed by atoms with Gasteiger partial charge in [0, 0.05) is 6.07 Å². The third-order valence-corrected chi connectivity index (χ3v) is 3.32. The number of urea groups is 1. The number of hydrogen-bond donors (Lipinski definition) is 2. The summed E-state index contributed by atoms with van der Waals surface area (Å²) in [6.07, 6.45) is 0. The molecule has 2 aromatic rings. The molecule has 0 aliphatic rings. The Morgan fingerprint density at radius 2 is 1.76 bits per heavy atom. The first kappa shape index (κ1) is 18.0. The predicted octanol–water partition coefficient (Wildman–Crippen LogP) is 2.89. The minimum absolute atomic E-state index is 0.197. The van der Waals surface area contributed by atoms with E-state index in [0.29, 0.717) is 22.9 Å². The molecule has 0 aliphatic carbocycles. The Morgan fingerprint density at radius 1 is 1.00 bits per heavy atom. The average molecular weight is 340 g/mol. The van der Waals surface area contributed by atoms with Gasteiger partial charge in [0.15, 0.2) is 0 Å². The summed E-state index contributed by atoms with van der Waals surface area (Å²) in [5.74, 6) is 7.70. The van der Waals surface area contributed by atoms with E-state index in [0.717, 1.165) is 5.56 Å². The molecular weight excluding hydrogens is 320 g/mol. The lowest BCUT2D eigenvalue weighted by Crippen LogP contribution is -2.29. The molecule has 0 aliphatic heterocycles. The SMILES string of the molecule is COc1ccc(NC(=O)NCC#Cc2ccccc2OC)c(OC)c1. The van der Waals surface area contributed by atoms with Gasteiger partial charge in [-0.25, -0.2) is 4.79 Å². The summed E-state index contributed by atoms with van der Waals surface area (Å²) in [5.41, 5.74) is 1.31. The van der Waals surface area contributed by atoms with Crippen molar-refractivity contribution in [3.05, 3.63) is 48.0 Å². The van der Waals surface area contributed by atoms with E-state index in [1.54, 1.807) is 32.4 Å². The zero-order valence-corrected chi connectivity index (χ0v) is 14.4. The van der Waals surface area contributed by atoms with Crippen molar-refractivity contribution in [3.63, 3.8) is 0 Å². The minimum Gasteiger partial charge on any atom is -0.497 e. The lowest BCUT2D eigenvalue weighted by atomic mass is 10.2. The van der Waals surface area contributed by atoms with Gasteiger partial charge in [-0.2, -0.15) is 0 Å². The van der Waals surface area contributed by atoms with E-state index in [-0.39, 0.29) is 12.6 Å². The minimum atomic E-state index is -0.377. The third-order valence-electron chi connectivity index (χ3n) is 3.32. The van der Waals surface area contributed by atoms with Crippen LogP contribution in [-0.2, 0) is 0 Å². The van der Waals surface area contributed by atoms with Crippen molar-refractivity contribution in [1.82, 2.24) is 5.32 Å². The van der Waals surface area contributed by atoms with Gasteiger partial charge in [0.2, 0.25) is 0 Å². The molecule has 130 valence electrons. The van der Waals surface area contributed by atoms with E-state index in [4.69, 9.17) is 14.2 Å². The van der Waals surface area contributed by atoms with E-state index in [2.05, 4.69) is 22.5 Å². The van der Waals surface area contributed by atoms with Gasteiger partial charge in [-0.05, 0) is 24.3 Å². The molecule has 2 N–H and O–H groups in total. The molecule has 0 spiro atoms. The molecule has 0 heterocycles. The quantitative estimate of drug-likeness (QED) is 0.821. The van der Waals surface area contributed by atoms with Crippen LogP contribution >= 0.6 is 0 Å². The first-order valence-corrected chi connectivity index (χ1v) is 7.56. The molecule has 0 bridgehead atoms. The number of ether oxygens (including phenoxy) is 3. The Labute approximate surface area is 147 Å². The van der Waals surface area contributed by atoms with E-state index < -0.39 is 0 Å². The molecule has 0 atom stereocenters. The fourth-order valence-corrected chi connectivity index (χ4v) is 2.08. The van der Waals surface area contributed by atoms with Crippen LogP contribution in [0.15, 0.2) is 42.5 Å². The maximum atomic E-state index is 12.0. The molecule has 6 heteroatoms. The van der Waals surface area contributed by atoms with Crippen LogP contribution in [0, 0.1) is 11.8 Å². The highest BCUT2D eigenvalue weighted by molar-refractivity contribution is 5.91. The normalized spacial score (nSPS) is 9.40. The molecule has 0 fully saturated rings. The Balaban J connectivity index is 1.93. The fraction of sp³-hybridized carbons (Fsp3) is 0.211. The van der Waals surface area contributed by atoms with Crippen molar-refractivity contribution in [2.24, 2.45) is 0 Å². The lowest BCUT2D eigenvalue weighted by Gasteiger charge is -2.11. The smallest absolute Gasteiger partial charge is 0.320 e. The van der Waals surface area contributed by atoms with Crippen molar-refractivity contribution < 1.29 is 19.0 Å². The number of benzene rings is 2. The van der Waals surface area contributed by atoms with E-state index in [9.17, 15) is 4.79 Å². The van der Waals surface area contributed by atoms with Crippen molar-refractivity contribution in [2.75, 3.05) is 33.2 Å². The molecule has 0 saturated heterocycles. The van der Waals surface area contributed by atoms with Crippen molar-refractivity contribution in [2.45, 2.75) is 0 Å². The van der Waals surface area contributed by atoms with Gasteiger partial charge in [0.25, 0.3) is 0 Å². The second-order valence-corrected chi connectivity index (χ2v) is 4.88. The lowest BCUT2D eigenvalue weighted by molar-refractivity contribution is 0.253. The summed E-state index contributed by atoms with van der Waals surface area (Å²) in [5, 5.41) is 5.38. The highest BCUT2D eigenvalue weighted by Gasteiger charge is 2.08. The van der Waals surface area contributed by atoms with Gasteiger partial charge in [0.1, 0.15) is 17.2 Å². The molecule has 0 unspecified atom stereocenters. The largest absolute Gasteiger partial charge is 0.497 e. The summed E-state index contributed by atoms with van der Waals surface area (Å²) in [6.45, 7) is 0.197. The van der Waals surface area contributed by atoms with Gasteiger partial charge >= 0.3 is 6.03 Å². The summed E-state index contributed by atoms with van der Waals surface area (Å²) >= 11 is 0. The van der Waals surface area contributed by atoms with Crippen LogP contribution in [0.3, 0.4) is 0 Å². The van der Waals surface area contributed by atoms with Gasteiger partial charge in [0.05, 0.1) is 39.1 Å². The van der Waals surface area contributed by atoms with E-state index >= 15 is 0 Å². The maximum Gasteiger partial charge on any atom is 0.320 e. The van der Waals surface area contributed by atoms with E-state index in [1.165, 1.54) is 7.11 Å². The number of amides is 2. The monoisotopic (exact) mass is 340 g/mol. The topological polar surface area (TPSA) is 68.8 Å². The summed E-state index contributed by atoms with van der Waals surface area (Å²) in [7, 11) is 4.68. The van der Waals surface area contributed by atoms with Gasteiger partial charge in [-0.15, -0.1) is 0 Å². The highest BCUT2D eigenvalue weighted by Crippen LogP contribution is 2.28. The zero-order valence-electron chi connectivity index (χ0n) is 14.4. The van der Waals surface area contributed by atoms with Crippen molar-refractivity contribution in [1.29, 1.82) is 0 Å². The Hall–Kier alpha value is -3.33. The average Bonchev–Trinajstić information content (AvgIpc) is 2.65. The highest BCUT2D eigenvalue weighted by atomic mass is 16.5. The number of para-hydroxylation sites is 1.